The lowest BCUT2D eigenvalue weighted by atomic mass is 10.1. The van der Waals surface area contributed by atoms with E-state index in [4.69, 9.17) is 15.3 Å². The summed E-state index contributed by atoms with van der Waals surface area (Å²) in [5.41, 5.74) is 0. The fourth-order valence-electron chi connectivity index (χ4n) is 1.04. The quantitative estimate of drug-likeness (QED) is 0.454. The van der Waals surface area contributed by atoms with Crippen molar-refractivity contribution in [1.29, 1.82) is 0 Å². The molecular weight excluding hydrogens is 232 g/mol. The monoisotopic (exact) mass is 248 g/mol. The standard InChI is InChI=1S/C9H16N2O6/c1-11(4-5-12)9(17)10-6(8(15)16)2-3-7(13)14/h6,12H,2-5H2,1H3,(H,10,17)(H,13,14)(H,15,16)/t6-/m0/s1. The van der Waals surface area contributed by atoms with Crippen LogP contribution in [0, 0.1) is 0 Å². The van der Waals surface area contributed by atoms with Gasteiger partial charge in [-0.2, -0.15) is 0 Å². The molecule has 0 aliphatic carbocycles. The van der Waals surface area contributed by atoms with Crippen LogP contribution in [0.15, 0.2) is 0 Å². The molecule has 1 atom stereocenters. The molecule has 8 nitrogen and oxygen atoms in total. The first kappa shape index (κ1) is 15.2. The molecule has 4 N–H and O–H groups in total. The van der Waals surface area contributed by atoms with E-state index in [1.807, 2.05) is 0 Å². The summed E-state index contributed by atoms with van der Waals surface area (Å²) >= 11 is 0. The summed E-state index contributed by atoms with van der Waals surface area (Å²) in [6, 6.07) is -1.92. The van der Waals surface area contributed by atoms with Gasteiger partial charge in [-0.15, -0.1) is 0 Å². The highest BCUT2D eigenvalue weighted by Gasteiger charge is 2.22. The number of likely N-dealkylation sites (N-methyl/N-ethyl adjacent to an activating group) is 1. The molecule has 17 heavy (non-hydrogen) atoms. The van der Waals surface area contributed by atoms with Gasteiger partial charge in [-0.25, -0.2) is 9.59 Å². The van der Waals surface area contributed by atoms with E-state index < -0.39 is 24.0 Å². The van der Waals surface area contributed by atoms with E-state index >= 15 is 0 Å². The molecule has 2 amide bonds. The van der Waals surface area contributed by atoms with Gasteiger partial charge in [-0.3, -0.25) is 4.79 Å². The topological polar surface area (TPSA) is 127 Å². The number of nitrogens with one attached hydrogen (secondary N) is 1. The minimum Gasteiger partial charge on any atom is -0.481 e. The maximum atomic E-state index is 11.4. The van der Waals surface area contributed by atoms with E-state index in [-0.39, 0.29) is 26.0 Å². The summed E-state index contributed by atoms with van der Waals surface area (Å²) in [4.78, 5) is 33.5. The molecule has 0 bridgehead atoms. The molecular formula is C9H16N2O6. The first-order chi connectivity index (χ1) is 7.88. The van der Waals surface area contributed by atoms with Crippen molar-refractivity contribution in [3.05, 3.63) is 0 Å². The molecule has 0 saturated carbocycles. The Kier molecular flexibility index (Phi) is 6.64. The van der Waals surface area contributed by atoms with Crippen LogP contribution in [-0.2, 0) is 9.59 Å². The molecule has 0 heterocycles. The molecule has 8 heteroatoms. The van der Waals surface area contributed by atoms with Gasteiger partial charge in [0.25, 0.3) is 0 Å². The van der Waals surface area contributed by atoms with Crippen LogP contribution in [-0.4, -0.2) is 64.4 Å². The van der Waals surface area contributed by atoms with Crippen molar-refractivity contribution in [1.82, 2.24) is 10.2 Å². The Hall–Kier alpha value is -1.83. The lowest BCUT2D eigenvalue weighted by molar-refractivity contribution is -0.140. The summed E-state index contributed by atoms with van der Waals surface area (Å²) in [6.07, 6.45) is -0.537. The first-order valence-electron chi connectivity index (χ1n) is 4.95. The van der Waals surface area contributed by atoms with Crippen LogP contribution in [0.2, 0.25) is 0 Å². The molecule has 0 fully saturated rings. The maximum absolute atomic E-state index is 11.4. The van der Waals surface area contributed by atoms with Crippen LogP contribution in [0.4, 0.5) is 4.79 Å². The fraction of sp³-hybridized carbons (Fsp3) is 0.667. The van der Waals surface area contributed by atoms with Gasteiger partial charge in [-0.1, -0.05) is 0 Å². The number of aliphatic hydroxyl groups excluding tert-OH is 1. The Morgan fingerprint density at radius 2 is 1.88 bits per heavy atom. The van der Waals surface area contributed by atoms with Crippen LogP contribution in [0.3, 0.4) is 0 Å². The maximum Gasteiger partial charge on any atom is 0.326 e. The van der Waals surface area contributed by atoms with Gasteiger partial charge in [0.05, 0.1) is 6.61 Å². The number of nitrogens with zero attached hydrogens (tertiary/aromatic N) is 1. The minimum atomic E-state index is -1.29. The summed E-state index contributed by atoms with van der Waals surface area (Å²) in [6.45, 7) is -0.173. The van der Waals surface area contributed by atoms with Gasteiger partial charge in [0.15, 0.2) is 0 Å². The second-order valence-corrected chi connectivity index (χ2v) is 3.42. The number of carbonyl (C=O) groups excluding carboxylic acids is 1. The number of carbonyl (C=O) groups is 3. The van der Waals surface area contributed by atoms with Crippen molar-refractivity contribution in [2.24, 2.45) is 0 Å². The number of aliphatic carboxylic acids is 2. The predicted octanol–water partition coefficient (Wildman–Crippen LogP) is -1.06. The van der Waals surface area contributed by atoms with Crippen molar-refractivity contribution < 1.29 is 29.7 Å². The second-order valence-electron chi connectivity index (χ2n) is 3.42. The Balaban J connectivity index is 4.29. The lowest BCUT2D eigenvalue weighted by Gasteiger charge is -2.20. The summed E-state index contributed by atoms with van der Waals surface area (Å²) < 4.78 is 0. The van der Waals surface area contributed by atoms with Crippen LogP contribution in [0.5, 0.6) is 0 Å². The number of carboxylic acids is 2. The van der Waals surface area contributed by atoms with Crippen molar-refractivity contribution in [2.75, 3.05) is 20.2 Å². The van der Waals surface area contributed by atoms with E-state index in [0.29, 0.717) is 0 Å². The summed E-state index contributed by atoms with van der Waals surface area (Å²) in [5.74, 6) is -2.42. The van der Waals surface area contributed by atoms with Crippen LogP contribution >= 0.6 is 0 Å². The lowest BCUT2D eigenvalue weighted by Crippen LogP contribution is -2.47. The fourth-order valence-corrected chi connectivity index (χ4v) is 1.04. The molecule has 0 spiro atoms. The molecule has 0 rings (SSSR count). The third-order valence-electron chi connectivity index (χ3n) is 2.02. The van der Waals surface area contributed by atoms with E-state index in [0.717, 1.165) is 4.90 Å². The molecule has 0 aromatic carbocycles. The van der Waals surface area contributed by atoms with Crippen molar-refractivity contribution in [2.45, 2.75) is 18.9 Å². The highest BCUT2D eigenvalue weighted by Crippen LogP contribution is 1.99. The molecule has 0 radical (unpaired) electrons. The molecule has 0 unspecified atom stereocenters. The zero-order chi connectivity index (χ0) is 13.4. The molecule has 0 aromatic rings. The van der Waals surface area contributed by atoms with E-state index in [9.17, 15) is 14.4 Å². The molecule has 0 saturated heterocycles. The van der Waals surface area contributed by atoms with Gasteiger partial charge in [0, 0.05) is 20.0 Å². The number of carboxylic acid groups (broad SMARTS) is 2. The molecule has 0 aliphatic rings. The van der Waals surface area contributed by atoms with Gasteiger partial charge >= 0.3 is 18.0 Å². The number of aliphatic hydroxyl groups is 1. The minimum absolute atomic E-state index is 0.0666. The number of rotatable bonds is 7. The van der Waals surface area contributed by atoms with Crippen LogP contribution in [0.25, 0.3) is 0 Å². The third kappa shape index (κ3) is 6.36. The average molecular weight is 248 g/mol. The van der Waals surface area contributed by atoms with Crippen molar-refractivity contribution >= 4 is 18.0 Å². The Labute approximate surface area is 97.8 Å². The van der Waals surface area contributed by atoms with Gasteiger partial charge in [-0.05, 0) is 6.42 Å². The van der Waals surface area contributed by atoms with Gasteiger partial charge < -0.3 is 25.5 Å². The average Bonchev–Trinajstić information content (AvgIpc) is 2.23. The summed E-state index contributed by atoms with van der Waals surface area (Å²) in [7, 11) is 1.39. The van der Waals surface area contributed by atoms with Gasteiger partial charge in [0.2, 0.25) is 0 Å². The summed E-state index contributed by atoms with van der Waals surface area (Å²) in [5, 5.41) is 28.0. The van der Waals surface area contributed by atoms with Crippen LogP contribution in [0.1, 0.15) is 12.8 Å². The first-order valence-corrected chi connectivity index (χ1v) is 4.95. The van der Waals surface area contributed by atoms with Crippen molar-refractivity contribution in [3.63, 3.8) is 0 Å². The predicted molar refractivity (Wildman–Crippen MR) is 56.5 cm³/mol. The Morgan fingerprint density at radius 1 is 1.29 bits per heavy atom. The largest absolute Gasteiger partial charge is 0.481 e. The zero-order valence-electron chi connectivity index (χ0n) is 9.42. The molecule has 0 aromatic heterocycles. The van der Waals surface area contributed by atoms with E-state index in [1.54, 1.807) is 0 Å². The number of hydrogen-bond donors (Lipinski definition) is 4. The van der Waals surface area contributed by atoms with Crippen molar-refractivity contribution in [3.8, 4) is 0 Å². The number of urea groups is 1. The normalized spacial score (nSPS) is 11.6. The molecule has 98 valence electrons. The zero-order valence-corrected chi connectivity index (χ0v) is 9.42. The number of amides is 2. The van der Waals surface area contributed by atoms with E-state index in [2.05, 4.69) is 5.32 Å². The Morgan fingerprint density at radius 3 is 2.29 bits per heavy atom. The van der Waals surface area contributed by atoms with E-state index in [1.165, 1.54) is 7.05 Å². The molecule has 0 aliphatic heterocycles. The second kappa shape index (κ2) is 7.44. The highest BCUT2D eigenvalue weighted by molar-refractivity contribution is 5.82. The third-order valence-corrected chi connectivity index (χ3v) is 2.02. The SMILES string of the molecule is CN(CCO)C(=O)N[C@@H](CCC(=O)O)C(=O)O. The Bertz CT molecular complexity index is 293. The van der Waals surface area contributed by atoms with Gasteiger partial charge in [0.1, 0.15) is 6.04 Å². The number of hydrogen-bond acceptors (Lipinski definition) is 4. The smallest absolute Gasteiger partial charge is 0.326 e. The van der Waals surface area contributed by atoms with Crippen LogP contribution < -0.4 is 5.32 Å². The highest BCUT2D eigenvalue weighted by atomic mass is 16.4.